The zero-order chi connectivity index (χ0) is 13.0. The lowest BCUT2D eigenvalue weighted by atomic mass is 10.1. The highest BCUT2D eigenvalue weighted by molar-refractivity contribution is 5.98. The third-order valence-corrected chi connectivity index (χ3v) is 3.07. The molecule has 0 aromatic heterocycles. The van der Waals surface area contributed by atoms with Gasteiger partial charge in [-0.05, 0) is 19.3 Å². The van der Waals surface area contributed by atoms with E-state index in [0.29, 0.717) is 11.4 Å². The summed E-state index contributed by atoms with van der Waals surface area (Å²) < 4.78 is 0. The molecule has 1 aliphatic rings. The van der Waals surface area contributed by atoms with Gasteiger partial charge in [0.1, 0.15) is 0 Å². The summed E-state index contributed by atoms with van der Waals surface area (Å²) in [5, 5.41) is 23.2. The number of non-ortho nitro benzene ring substituents is 1. The molecule has 1 saturated heterocycles. The van der Waals surface area contributed by atoms with Crippen molar-refractivity contribution in [2.75, 3.05) is 13.1 Å². The Bertz CT molecular complexity index is 467. The predicted octanol–water partition coefficient (Wildman–Crippen LogP) is 2.22. The van der Waals surface area contributed by atoms with Crippen LogP contribution in [0.4, 0.5) is 5.69 Å². The lowest BCUT2D eigenvalue weighted by Crippen LogP contribution is -2.36. The maximum Gasteiger partial charge on any atom is 0.270 e. The molecule has 2 rings (SSSR count). The second kappa shape index (κ2) is 5.48. The van der Waals surface area contributed by atoms with Crippen molar-refractivity contribution in [2.45, 2.75) is 19.3 Å². The van der Waals surface area contributed by atoms with Crippen LogP contribution in [0.25, 0.3) is 0 Å². The number of nitrogens with zero attached hydrogens (tertiary/aromatic N) is 3. The SMILES string of the molecule is O=[N+]([O-])c1cccc(C(=NO)N2CCCCC2)c1. The van der Waals surface area contributed by atoms with Crippen molar-refractivity contribution in [1.29, 1.82) is 0 Å². The quantitative estimate of drug-likeness (QED) is 0.286. The second-order valence-electron chi connectivity index (χ2n) is 4.28. The molecule has 1 fully saturated rings. The monoisotopic (exact) mass is 249 g/mol. The Balaban J connectivity index is 2.27. The van der Waals surface area contributed by atoms with Crippen LogP contribution in [0, 0.1) is 10.1 Å². The standard InChI is InChI=1S/C12H15N3O3/c16-13-12(14-7-2-1-3-8-14)10-5-4-6-11(9-10)15(17)18/h4-6,9,16H,1-3,7-8H2. The molecule has 6 nitrogen and oxygen atoms in total. The minimum atomic E-state index is -0.450. The lowest BCUT2D eigenvalue weighted by Gasteiger charge is -2.28. The minimum Gasteiger partial charge on any atom is -0.409 e. The van der Waals surface area contributed by atoms with Crippen LogP contribution < -0.4 is 0 Å². The van der Waals surface area contributed by atoms with Crippen molar-refractivity contribution in [2.24, 2.45) is 5.16 Å². The first-order valence-corrected chi connectivity index (χ1v) is 5.94. The Labute approximate surface area is 105 Å². The van der Waals surface area contributed by atoms with Gasteiger partial charge in [-0.15, -0.1) is 0 Å². The van der Waals surface area contributed by atoms with E-state index in [1.165, 1.54) is 18.6 Å². The van der Waals surface area contributed by atoms with E-state index in [-0.39, 0.29) is 5.69 Å². The molecular formula is C12H15N3O3. The third-order valence-electron chi connectivity index (χ3n) is 3.07. The van der Waals surface area contributed by atoms with Gasteiger partial charge in [0.25, 0.3) is 5.69 Å². The predicted molar refractivity (Wildman–Crippen MR) is 66.8 cm³/mol. The van der Waals surface area contributed by atoms with E-state index in [2.05, 4.69) is 5.16 Å². The zero-order valence-corrected chi connectivity index (χ0v) is 9.95. The van der Waals surface area contributed by atoms with Gasteiger partial charge in [0.15, 0.2) is 5.84 Å². The molecule has 0 saturated carbocycles. The molecule has 1 heterocycles. The lowest BCUT2D eigenvalue weighted by molar-refractivity contribution is -0.384. The van der Waals surface area contributed by atoms with E-state index < -0.39 is 4.92 Å². The van der Waals surface area contributed by atoms with Crippen LogP contribution in [-0.2, 0) is 0 Å². The topological polar surface area (TPSA) is 79.0 Å². The summed E-state index contributed by atoms with van der Waals surface area (Å²) in [5.41, 5.74) is 0.583. The highest BCUT2D eigenvalue weighted by Crippen LogP contribution is 2.18. The summed E-state index contributed by atoms with van der Waals surface area (Å²) >= 11 is 0. The molecule has 0 unspecified atom stereocenters. The molecule has 96 valence electrons. The normalized spacial score (nSPS) is 16.7. The van der Waals surface area contributed by atoms with Crippen LogP contribution in [0.15, 0.2) is 29.4 Å². The molecule has 0 bridgehead atoms. The summed E-state index contributed by atoms with van der Waals surface area (Å²) in [6.07, 6.45) is 3.27. The molecule has 6 heteroatoms. The second-order valence-corrected chi connectivity index (χ2v) is 4.28. The Kier molecular flexibility index (Phi) is 3.76. The zero-order valence-electron chi connectivity index (χ0n) is 9.95. The fraction of sp³-hybridized carbons (Fsp3) is 0.417. The Morgan fingerprint density at radius 2 is 2.06 bits per heavy atom. The average Bonchev–Trinajstić information content (AvgIpc) is 2.41. The van der Waals surface area contributed by atoms with Gasteiger partial charge in [-0.1, -0.05) is 17.3 Å². The van der Waals surface area contributed by atoms with Crippen molar-refractivity contribution < 1.29 is 10.1 Å². The van der Waals surface area contributed by atoms with Gasteiger partial charge in [0.05, 0.1) is 4.92 Å². The summed E-state index contributed by atoms with van der Waals surface area (Å²) in [4.78, 5) is 12.2. The molecule has 1 aromatic rings. The smallest absolute Gasteiger partial charge is 0.270 e. The number of nitro groups is 1. The Morgan fingerprint density at radius 1 is 1.33 bits per heavy atom. The molecule has 0 aliphatic carbocycles. The van der Waals surface area contributed by atoms with E-state index in [4.69, 9.17) is 5.21 Å². The summed E-state index contributed by atoms with van der Waals surface area (Å²) in [6, 6.07) is 6.18. The molecule has 1 aliphatic heterocycles. The molecule has 0 amide bonds. The number of nitro benzene ring substituents is 1. The highest BCUT2D eigenvalue weighted by atomic mass is 16.6. The van der Waals surface area contributed by atoms with Gasteiger partial charge in [-0.25, -0.2) is 0 Å². The number of hydrogen-bond donors (Lipinski definition) is 1. The third kappa shape index (κ3) is 2.58. The Morgan fingerprint density at radius 3 is 2.67 bits per heavy atom. The number of rotatable bonds is 2. The summed E-state index contributed by atoms with van der Waals surface area (Å²) in [7, 11) is 0. The van der Waals surface area contributed by atoms with E-state index in [1.54, 1.807) is 12.1 Å². The van der Waals surface area contributed by atoms with Gasteiger partial charge in [-0.2, -0.15) is 0 Å². The van der Waals surface area contributed by atoms with Crippen molar-refractivity contribution in [3.63, 3.8) is 0 Å². The van der Waals surface area contributed by atoms with Gasteiger partial charge in [0.2, 0.25) is 0 Å². The number of benzene rings is 1. The number of likely N-dealkylation sites (tertiary alicyclic amines) is 1. The minimum absolute atomic E-state index is 0.00524. The first kappa shape index (κ1) is 12.3. The van der Waals surface area contributed by atoms with Gasteiger partial charge < -0.3 is 10.1 Å². The van der Waals surface area contributed by atoms with E-state index >= 15 is 0 Å². The van der Waals surface area contributed by atoms with E-state index in [9.17, 15) is 10.1 Å². The molecule has 1 N–H and O–H groups in total. The van der Waals surface area contributed by atoms with Crippen LogP contribution >= 0.6 is 0 Å². The van der Waals surface area contributed by atoms with Crippen molar-refractivity contribution in [1.82, 2.24) is 4.90 Å². The van der Waals surface area contributed by atoms with Crippen LogP contribution in [0.5, 0.6) is 0 Å². The van der Waals surface area contributed by atoms with Crippen LogP contribution in [0.3, 0.4) is 0 Å². The molecular weight excluding hydrogens is 234 g/mol. The number of hydrogen-bond acceptors (Lipinski definition) is 4. The van der Waals surface area contributed by atoms with E-state index in [1.807, 2.05) is 4.90 Å². The van der Waals surface area contributed by atoms with Crippen LogP contribution in [0.2, 0.25) is 0 Å². The van der Waals surface area contributed by atoms with Crippen molar-refractivity contribution >= 4 is 11.5 Å². The fourth-order valence-corrected chi connectivity index (χ4v) is 2.17. The molecule has 18 heavy (non-hydrogen) atoms. The van der Waals surface area contributed by atoms with Crippen molar-refractivity contribution in [3.05, 3.63) is 39.9 Å². The fourth-order valence-electron chi connectivity index (χ4n) is 2.17. The first-order valence-electron chi connectivity index (χ1n) is 5.94. The van der Waals surface area contributed by atoms with Gasteiger partial charge in [0, 0.05) is 30.8 Å². The molecule has 0 radical (unpaired) electrons. The number of amidine groups is 1. The highest BCUT2D eigenvalue weighted by Gasteiger charge is 2.18. The maximum absolute atomic E-state index is 10.7. The summed E-state index contributed by atoms with van der Waals surface area (Å²) in [5.74, 6) is 0.415. The van der Waals surface area contributed by atoms with E-state index in [0.717, 1.165) is 25.9 Å². The van der Waals surface area contributed by atoms with Crippen LogP contribution in [0.1, 0.15) is 24.8 Å². The molecule has 0 spiro atoms. The first-order chi connectivity index (χ1) is 8.72. The average molecular weight is 249 g/mol. The number of oxime groups is 1. The van der Waals surface area contributed by atoms with Gasteiger partial charge >= 0.3 is 0 Å². The molecule has 1 aromatic carbocycles. The van der Waals surface area contributed by atoms with Crippen LogP contribution in [-0.4, -0.2) is 34.0 Å². The summed E-state index contributed by atoms with van der Waals surface area (Å²) in [6.45, 7) is 1.64. The van der Waals surface area contributed by atoms with Gasteiger partial charge in [-0.3, -0.25) is 10.1 Å². The van der Waals surface area contributed by atoms with Crippen molar-refractivity contribution in [3.8, 4) is 0 Å². The Hall–Kier alpha value is -2.11. The molecule has 0 atom stereocenters. The largest absolute Gasteiger partial charge is 0.409 e. The maximum atomic E-state index is 10.7. The number of piperidine rings is 1.